The second-order valence-electron chi connectivity index (χ2n) is 11.3. The summed E-state index contributed by atoms with van der Waals surface area (Å²) >= 11 is 0. The van der Waals surface area contributed by atoms with E-state index in [-0.39, 0.29) is 6.92 Å². The molecular formula is C33H46F3N2O. The molecule has 215 valence electrons. The van der Waals surface area contributed by atoms with Crippen LogP contribution >= 0.6 is 0 Å². The maximum atomic E-state index is 10.4. The molecule has 1 radical (unpaired) electrons. The van der Waals surface area contributed by atoms with E-state index >= 15 is 0 Å². The SMILES string of the molecule is C=CC(Cc1ccc(C2=C[CH]2)cc1)/C(=C\C(=C)C1CCN(CCN2CCOCC2)CC1)C(C)C.CC(F)(F)F. The number of morpholine rings is 1. The Bertz CT molecular complexity index is 973. The van der Waals surface area contributed by atoms with Gasteiger partial charge in [-0.25, -0.2) is 0 Å². The van der Waals surface area contributed by atoms with E-state index in [4.69, 9.17) is 4.74 Å². The second kappa shape index (κ2) is 15.0. The summed E-state index contributed by atoms with van der Waals surface area (Å²) in [5.74, 6) is 1.43. The molecule has 2 heterocycles. The molecular weight excluding hydrogens is 497 g/mol. The molecule has 0 bridgehead atoms. The number of ether oxygens (including phenoxy) is 1. The first-order chi connectivity index (χ1) is 18.5. The van der Waals surface area contributed by atoms with Crippen LogP contribution in [0.3, 0.4) is 0 Å². The maximum Gasteiger partial charge on any atom is 0.386 e. The first-order valence-corrected chi connectivity index (χ1v) is 14.3. The van der Waals surface area contributed by atoms with E-state index in [2.05, 4.69) is 85.7 Å². The van der Waals surface area contributed by atoms with Crippen molar-refractivity contribution in [2.24, 2.45) is 17.8 Å². The van der Waals surface area contributed by atoms with Crippen LogP contribution in [0.25, 0.3) is 5.57 Å². The molecule has 2 fully saturated rings. The Kier molecular flexibility index (Phi) is 12.1. The molecule has 3 nitrogen and oxygen atoms in total. The summed E-state index contributed by atoms with van der Waals surface area (Å²) in [6.07, 6.45) is 8.34. The van der Waals surface area contributed by atoms with E-state index in [0.717, 1.165) is 32.7 Å². The van der Waals surface area contributed by atoms with Crippen molar-refractivity contribution in [3.8, 4) is 0 Å². The van der Waals surface area contributed by atoms with Crippen LogP contribution in [0, 0.1) is 24.2 Å². The zero-order valence-corrected chi connectivity index (χ0v) is 24.0. The van der Waals surface area contributed by atoms with E-state index in [1.54, 1.807) is 0 Å². The van der Waals surface area contributed by atoms with Crippen molar-refractivity contribution >= 4 is 5.57 Å². The van der Waals surface area contributed by atoms with Crippen LogP contribution in [-0.2, 0) is 11.2 Å². The van der Waals surface area contributed by atoms with E-state index in [1.807, 2.05) is 0 Å². The summed E-state index contributed by atoms with van der Waals surface area (Å²) in [7, 11) is 0. The fraction of sp³-hybridized carbons (Fsp3) is 0.545. The minimum atomic E-state index is -4.00. The molecule has 6 heteroatoms. The number of benzene rings is 1. The molecule has 0 N–H and O–H groups in total. The number of nitrogens with zero attached hydrogens (tertiary/aromatic N) is 2. The van der Waals surface area contributed by atoms with Crippen molar-refractivity contribution in [3.05, 3.63) is 84.3 Å². The van der Waals surface area contributed by atoms with Gasteiger partial charge in [-0.05, 0) is 60.9 Å². The van der Waals surface area contributed by atoms with Crippen LogP contribution < -0.4 is 0 Å². The Morgan fingerprint density at radius 2 is 1.56 bits per heavy atom. The smallest absolute Gasteiger partial charge is 0.379 e. The summed E-state index contributed by atoms with van der Waals surface area (Å²) in [4.78, 5) is 5.18. The van der Waals surface area contributed by atoms with Gasteiger partial charge < -0.3 is 9.64 Å². The molecule has 1 unspecified atom stereocenters. The highest BCUT2D eigenvalue weighted by Gasteiger charge is 2.23. The van der Waals surface area contributed by atoms with Gasteiger partial charge in [0.15, 0.2) is 0 Å². The molecule has 39 heavy (non-hydrogen) atoms. The van der Waals surface area contributed by atoms with Crippen LogP contribution in [-0.4, -0.2) is 68.5 Å². The Balaban J connectivity index is 0.000000771. The maximum absolute atomic E-state index is 10.4. The lowest BCUT2D eigenvalue weighted by Crippen LogP contribution is -2.43. The van der Waals surface area contributed by atoms with Crippen LogP contribution in [0.4, 0.5) is 13.2 Å². The third kappa shape index (κ3) is 11.5. The third-order valence-electron chi connectivity index (χ3n) is 7.76. The summed E-state index contributed by atoms with van der Waals surface area (Å²) in [5.41, 5.74) is 6.84. The first-order valence-electron chi connectivity index (χ1n) is 14.3. The largest absolute Gasteiger partial charge is 0.386 e. The highest BCUT2D eigenvalue weighted by atomic mass is 19.4. The number of rotatable bonds is 11. The predicted molar refractivity (Wildman–Crippen MR) is 156 cm³/mol. The van der Waals surface area contributed by atoms with Gasteiger partial charge in [-0.15, -0.1) is 6.58 Å². The molecule has 2 saturated heterocycles. The van der Waals surface area contributed by atoms with Gasteiger partial charge in [0.25, 0.3) is 0 Å². The molecule has 4 rings (SSSR count). The van der Waals surface area contributed by atoms with Crippen molar-refractivity contribution in [1.29, 1.82) is 0 Å². The number of allylic oxidation sites excluding steroid dienone is 6. The van der Waals surface area contributed by atoms with Crippen molar-refractivity contribution in [2.75, 3.05) is 52.5 Å². The summed E-state index contributed by atoms with van der Waals surface area (Å²) in [5, 5.41) is 0. The van der Waals surface area contributed by atoms with Gasteiger partial charge >= 0.3 is 6.18 Å². The van der Waals surface area contributed by atoms with Crippen molar-refractivity contribution < 1.29 is 17.9 Å². The number of hydrogen-bond donors (Lipinski definition) is 0. The topological polar surface area (TPSA) is 15.7 Å². The van der Waals surface area contributed by atoms with E-state index in [0.29, 0.717) is 17.8 Å². The first kappa shape index (κ1) is 31.4. The number of halogens is 3. The Morgan fingerprint density at radius 1 is 1.03 bits per heavy atom. The molecule has 1 atom stereocenters. The van der Waals surface area contributed by atoms with Gasteiger partial charge in [-0.2, -0.15) is 13.2 Å². The summed E-state index contributed by atoms with van der Waals surface area (Å²) in [6, 6.07) is 9.04. The van der Waals surface area contributed by atoms with Gasteiger partial charge in [0.1, 0.15) is 0 Å². The van der Waals surface area contributed by atoms with Gasteiger partial charge in [0, 0.05) is 45.4 Å². The summed E-state index contributed by atoms with van der Waals surface area (Å²) < 4.78 is 36.5. The van der Waals surface area contributed by atoms with E-state index in [1.165, 1.54) is 66.9 Å². The second-order valence-corrected chi connectivity index (χ2v) is 11.3. The molecule has 0 spiro atoms. The normalized spacial score (nSPS) is 20.2. The van der Waals surface area contributed by atoms with Crippen molar-refractivity contribution in [2.45, 2.75) is 46.2 Å². The van der Waals surface area contributed by atoms with E-state index < -0.39 is 6.18 Å². The number of hydrogen-bond acceptors (Lipinski definition) is 3. The van der Waals surface area contributed by atoms with E-state index in [9.17, 15) is 13.2 Å². The lowest BCUT2D eigenvalue weighted by Gasteiger charge is -2.35. The molecule has 3 aliphatic rings. The van der Waals surface area contributed by atoms with Gasteiger partial charge in [0.05, 0.1) is 13.2 Å². The zero-order valence-electron chi connectivity index (χ0n) is 24.0. The fourth-order valence-corrected chi connectivity index (χ4v) is 5.33. The van der Waals surface area contributed by atoms with Gasteiger partial charge in [-0.3, -0.25) is 4.90 Å². The molecule has 1 aromatic carbocycles. The Labute approximate surface area is 234 Å². The molecule has 0 amide bonds. The zero-order chi connectivity index (χ0) is 28.4. The molecule has 1 aliphatic carbocycles. The lowest BCUT2D eigenvalue weighted by molar-refractivity contribution is -0.110. The fourth-order valence-electron chi connectivity index (χ4n) is 5.33. The van der Waals surface area contributed by atoms with Crippen LogP contribution in [0.1, 0.15) is 44.7 Å². The van der Waals surface area contributed by atoms with Crippen LogP contribution in [0.2, 0.25) is 0 Å². The lowest BCUT2D eigenvalue weighted by atomic mass is 9.81. The highest BCUT2D eigenvalue weighted by molar-refractivity contribution is 5.87. The average molecular weight is 544 g/mol. The minimum Gasteiger partial charge on any atom is -0.379 e. The van der Waals surface area contributed by atoms with Crippen molar-refractivity contribution in [3.63, 3.8) is 0 Å². The number of piperidine rings is 1. The van der Waals surface area contributed by atoms with Gasteiger partial charge in [-0.1, -0.05) is 74.1 Å². The molecule has 0 saturated carbocycles. The summed E-state index contributed by atoms with van der Waals surface area (Å²) in [6.45, 7) is 22.2. The molecule has 1 aromatic rings. The molecule has 0 aromatic heterocycles. The average Bonchev–Trinajstić information content (AvgIpc) is 3.75. The van der Waals surface area contributed by atoms with Gasteiger partial charge in [0.2, 0.25) is 0 Å². The van der Waals surface area contributed by atoms with Crippen molar-refractivity contribution in [1.82, 2.24) is 9.80 Å². The molecule has 2 aliphatic heterocycles. The van der Waals surface area contributed by atoms with Crippen LogP contribution in [0.5, 0.6) is 0 Å². The quantitative estimate of drug-likeness (QED) is 0.214. The Hall–Kier alpha value is -2.15. The Morgan fingerprint density at radius 3 is 2.05 bits per heavy atom. The standard InChI is InChI=1S/C31H43N2O.C2H3F3/c1-5-27(23-26-6-8-29(9-7-26)30-10-11-30)31(24(2)3)22-25(4)28-12-14-32(15-13-28)16-17-33-18-20-34-21-19-33;1-2(3,4)5/h5-11,22,24,27-28H,1,4,12-21,23H2,2-3H3;1H3/b31-22-;. The third-order valence-corrected chi connectivity index (χ3v) is 7.76. The monoisotopic (exact) mass is 543 g/mol. The number of alkyl halides is 3. The number of likely N-dealkylation sites (tertiary alicyclic amines) is 1. The van der Waals surface area contributed by atoms with Crippen LogP contribution in [0.15, 0.2) is 66.8 Å². The predicted octanol–water partition coefficient (Wildman–Crippen LogP) is 7.38. The highest BCUT2D eigenvalue weighted by Crippen LogP contribution is 2.32. The minimum absolute atomic E-state index is 0.188.